The van der Waals surface area contributed by atoms with Crippen molar-refractivity contribution in [3.05, 3.63) is 77.6 Å². The number of fused-ring (bicyclic) bond motifs is 1. The summed E-state index contributed by atoms with van der Waals surface area (Å²) in [5.41, 5.74) is 4.40. The Balaban J connectivity index is 1.38. The molecule has 0 aliphatic heterocycles. The summed E-state index contributed by atoms with van der Waals surface area (Å²) in [6, 6.07) is 18.0. The highest BCUT2D eigenvalue weighted by molar-refractivity contribution is 6.05. The van der Waals surface area contributed by atoms with Crippen LogP contribution in [-0.4, -0.2) is 47.2 Å². The fraction of sp³-hybridized carbons (Fsp3) is 0.286. The minimum atomic E-state index is -0.253. The number of rotatable bonds is 6. The van der Waals surface area contributed by atoms with Crippen LogP contribution in [-0.2, 0) is 0 Å². The van der Waals surface area contributed by atoms with Gasteiger partial charge < -0.3 is 15.4 Å². The number of carbonyl (C=O) groups excluding carboxylic acids is 2. The third-order valence-electron chi connectivity index (χ3n) is 6.91. The number of pyridine rings is 1. The Morgan fingerprint density at radius 3 is 2.64 bits per heavy atom. The molecule has 1 aliphatic carbocycles. The summed E-state index contributed by atoms with van der Waals surface area (Å²) in [5, 5.41) is 13.6. The number of benzene rings is 2. The van der Waals surface area contributed by atoms with Gasteiger partial charge >= 0.3 is 0 Å². The van der Waals surface area contributed by atoms with E-state index >= 15 is 0 Å². The third-order valence-corrected chi connectivity index (χ3v) is 6.91. The SMILES string of the molecule is CNC(=O)c1n[nH]c2cc(-c3cnc(OC)c(C(=O)N[C@H]4CCC[C@H](c5ccccc5)C4)c3)ccc12. The number of hydrogen-bond acceptors (Lipinski definition) is 5. The third kappa shape index (κ3) is 4.66. The molecule has 1 saturated carbocycles. The first-order valence-electron chi connectivity index (χ1n) is 12.2. The van der Waals surface area contributed by atoms with Crippen molar-refractivity contribution in [2.45, 2.75) is 37.6 Å². The predicted molar refractivity (Wildman–Crippen MR) is 138 cm³/mol. The van der Waals surface area contributed by atoms with E-state index in [4.69, 9.17) is 4.74 Å². The lowest BCUT2D eigenvalue weighted by atomic mass is 9.81. The number of aromatic nitrogens is 3. The second-order valence-electron chi connectivity index (χ2n) is 9.14. The maximum Gasteiger partial charge on any atom is 0.272 e. The van der Waals surface area contributed by atoms with Crippen LogP contribution in [0.15, 0.2) is 60.8 Å². The minimum absolute atomic E-state index is 0.0919. The lowest BCUT2D eigenvalue weighted by Crippen LogP contribution is -2.38. The minimum Gasteiger partial charge on any atom is -0.480 e. The number of hydrogen-bond donors (Lipinski definition) is 3. The summed E-state index contributed by atoms with van der Waals surface area (Å²) in [4.78, 5) is 29.8. The van der Waals surface area contributed by atoms with E-state index in [2.05, 4.69) is 50.1 Å². The molecule has 2 amide bonds. The maximum absolute atomic E-state index is 13.4. The molecular weight excluding hydrogens is 454 g/mol. The molecule has 2 heterocycles. The van der Waals surface area contributed by atoms with Gasteiger partial charge in [0, 0.05) is 30.2 Å². The first-order chi connectivity index (χ1) is 17.6. The summed E-state index contributed by atoms with van der Waals surface area (Å²) in [5.74, 6) is 0.286. The van der Waals surface area contributed by atoms with Gasteiger partial charge in [-0.05, 0) is 54.5 Å². The Kier molecular flexibility index (Phi) is 6.66. The Bertz CT molecular complexity index is 1400. The van der Waals surface area contributed by atoms with Gasteiger partial charge in [-0.1, -0.05) is 42.8 Å². The molecule has 8 nitrogen and oxygen atoms in total. The van der Waals surface area contributed by atoms with Crippen LogP contribution in [0.2, 0.25) is 0 Å². The summed E-state index contributed by atoms with van der Waals surface area (Å²) in [6.45, 7) is 0. The van der Waals surface area contributed by atoms with Crippen LogP contribution >= 0.6 is 0 Å². The van der Waals surface area contributed by atoms with Crippen LogP contribution in [0.5, 0.6) is 5.88 Å². The van der Waals surface area contributed by atoms with E-state index in [1.165, 1.54) is 12.7 Å². The fourth-order valence-corrected chi connectivity index (χ4v) is 5.04. The van der Waals surface area contributed by atoms with Crippen LogP contribution in [0.3, 0.4) is 0 Å². The van der Waals surface area contributed by atoms with Gasteiger partial charge in [-0.2, -0.15) is 5.10 Å². The smallest absolute Gasteiger partial charge is 0.272 e. The predicted octanol–water partition coefficient (Wildman–Crippen LogP) is 4.45. The Labute approximate surface area is 209 Å². The van der Waals surface area contributed by atoms with Crippen molar-refractivity contribution in [2.24, 2.45) is 0 Å². The first-order valence-corrected chi connectivity index (χ1v) is 12.2. The number of ether oxygens (including phenoxy) is 1. The summed E-state index contributed by atoms with van der Waals surface area (Å²) in [6.07, 6.45) is 5.75. The molecule has 0 bridgehead atoms. The van der Waals surface area contributed by atoms with E-state index < -0.39 is 0 Å². The first kappa shape index (κ1) is 23.5. The van der Waals surface area contributed by atoms with Crippen LogP contribution in [0.25, 0.3) is 22.0 Å². The number of nitrogens with one attached hydrogen (secondary N) is 3. The van der Waals surface area contributed by atoms with Crippen molar-refractivity contribution in [1.82, 2.24) is 25.8 Å². The number of aromatic amines is 1. The molecule has 2 atom stereocenters. The van der Waals surface area contributed by atoms with Crippen molar-refractivity contribution in [3.63, 3.8) is 0 Å². The molecule has 2 aromatic heterocycles. The number of carbonyl (C=O) groups is 2. The topological polar surface area (TPSA) is 109 Å². The number of methoxy groups -OCH3 is 1. The monoisotopic (exact) mass is 483 g/mol. The summed E-state index contributed by atoms with van der Waals surface area (Å²) in [7, 11) is 3.09. The van der Waals surface area contributed by atoms with Crippen LogP contribution in [0.4, 0.5) is 0 Å². The van der Waals surface area contributed by atoms with Gasteiger partial charge in [0.05, 0.1) is 12.6 Å². The van der Waals surface area contributed by atoms with Gasteiger partial charge in [-0.15, -0.1) is 0 Å². The normalized spacial score (nSPS) is 17.5. The highest BCUT2D eigenvalue weighted by Gasteiger charge is 2.26. The van der Waals surface area contributed by atoms with Gasteiger partial charge in [0.15, 0.2) is 5.69 Å². The summed E-state index contributed by atoms with van der Waals surface area (Å²) >= 11 is 0. The van der Waals surface area contributed by atoms with Crippen molar-refractivity contribution < 1.29 is 14.3 Å². The Hall–Kier alpha value is -4.20. The molecule has 5 rings (SSSR count). The number of H-pyrrole nitrogens is 1. The lowest BCUT2D eigenvalue weighted by Gasteiger charge is -2.30. The van der Waals surface area contributed by atoms with Gasteiger partial charge in [0.1, 0.15) is 5.56 Å². The molecule has 0 saturated heterocycles. The lowest BCUT2D eigenvalue weighted by molar-refractivity contribution is 0.0919. The van der Waals surface area contributed by atoms with E-state index in [0.29, 0.717) is 17.2 Å². The molecule has 36 heavy (non-hydrogen) atoms. The van der Waals surface area contributed by atoms with Crippen molar-refractivity contribution in [2.75, 3.05) is 14.2 Å². The van der Waals surface area contributed by atoms with Crippen LogP contribution in [0.1, 0.15) is 58.0 Å². The van der Waals surface area contributed by atoms with E-state index in [1.807, 2.05) is 24.3 Å². The molecule has 0 radical (unpaired) electrons. The van der Waals surface area contributed by atoms with E-state index in [-0.39, 0.29) is 23.7 Å². The second kappa shape index (κ2) is 10.2. The van der Waals surface area contributed by atoms with Crippen molar-refractivity contribution in [1.29, 1.82) is 0 Å². The van der Waals surface area contributed by atoms with Gasteiger partial charge in [0.25, 0.3) is 11.8 Å². The average molecular weight is 484 g/mol. The zero-order chi connectivity index (χ0) is 25.1. The molecule has 8 heteroatoms. The molecule has 184 valence electrons. The standard InChI is InChI=1S/C28H29N5O3/c1-29-27(35)25-22-12-11-19(15-24(22)32-33-25)20-14-23(28(36-2)30-16-20)26(34)31-21-10-6-9-18(13-21)17-7-4-3-5-8-17/h3-5,7-8,11-12,14-16,18,21H,6,9-10,13H2,1-2H3,(H,29,35)(H,31,34)(H,32,33)/t18-,21-/m0/s1. The van der Waals surface area contributed by atoms with E-state index in [9.17, 15) is 9.59 Å². The zero-order valence-electron chi connectivity index (χ0n) is 20.4. The molecule has 1 fully saturated rings. The Morgan fingerprint density at radius 2 is 1.86 bits per heavy atom. The van der Waals surface area contributed by atoms with Crippen LogP contribution in [0, 0.1) is 0 Å². The van der Waals surface area contributed by atoms with Crippen molar-refractivity contribution >= 4 is 22.7 Å². The Morgan fingerprint density at radius 1 is 1.03 bits per heavy atom. The second-order valence-corrected chi connectivity index (χ2v) is 9.14. The summed E-state index contributed by atoms with van der Waals surface area (Å²) < 4.78 is 5.42. The molecular formula is C28H29N5O3. The van der Waals surface area contributed by atoms with Crippen LogP contribution < -0.4 is 15.4 Å². The highest BCUT2D eigenvalue weighted by atomic mass is 16.5. The van der Waals surface area contributed by atoms with E-state index in [1.54, 1.807) is 19.3 Å². The fourth-order valence-electron chi connectivity index (χ4n) is 5.04. The molecule has 3 N–H and O–H groups in total. The molecule has 0 spiro atoms. The van der Waals surface area contributed by atoms with Gasteiger partial charge in [-0.25, -0.2) is 4.98 Å². The van der Waals surface area contributed by atoms with Crippen molar-refractivity contribution in [3.8, 4) is 17.0 Å². The zero-order valence-corrected chi connectivity index (χ0v) is 20.4. The molecule has 2 aromatic carbocycles. The number of nitrogens with zero attached hydrogens (tertiary/aromatic N) is 2. The molecule has 0 unspecified atom stereocenters. The van der Waals surface area contributed by atoms with E-state index in [0.717, 1.165) is 47.7 Å². The molecule has 4 aromatic rings. The largest absolute Gasteiger partial charge is 0.480 e. The number of amides is 2. The quantitative estimate of drug-likeness (QED) is 0.375. The van der Waals surface area contributed by atoms with Gasteiger partial charge in [-0.3, -0.25) is 14.7 Å². The highest BCUT2D eigenvalue weighted by Crippen LogP contribution is 2.33. The molecule has 1 aliphatic rings. The maximum atomic E-state index is 13.4. The van der Waals surface area contributed by atoms with Gasteiger partial charge in [0.2, 0.25) is 5.88 Å². The average Bonchev–Trinajstić information content (AvgIpc) is 3.36.